The highest BCUT2D eigenvalue weighted by Crippen LogP contribution is 2.22. The molecule has 1 aromatic heterocycles. The first-order valence-corrected chi connectivity index (χ1v) is 7.64. The second-order valence-electron chi connectivity index (χ2n) is 6.09. The number of nitrogens with zero attached hydrogens (tertiary/aromatic N) is 1. The summed E-state index contributed by atoms with van der Waals surface area (Å²) in [6.07, 6.45) is 0. The standard InChI is InChI=1S/C17H21NOS/c1-17(2,3)14-9-7-13(8-10-14)12-18(4)16(19)15-6-5-11-20-15/h5-11H,12H2,1-4H3. The number of rotatable bonds is 3. The van der Waals surface area contributed by atoms with Gasteiger partial charge in [0.25, 0.3) is 5.91 Å². The molecule has 0 saturated carbocycles. The molecular formula is C17H21NOS. The molecule has 0 aliphatic rings. The van der Waals surface area contributed by atoms with Crippen molar-refractivity contribution in [3.8, 4) is 0 Å². The van der Waals surface area contributed by atoms with Crippen molar-refractivity contribution in [2.75, 3.05) is 7.05 Å². The number of hydrogen-bond donors (Lipinski definition) is 0. The number of amides is 1. The van der Waals surface area contributed by atoms with E-state index in [2.05, 4.69) is 45.0 Å². The smallest absolute Gasteiger partial charge is 0.263 e. The van der Waals surface area contributed by atoms with E-state index in [1.165, 1.54) is 16.9 Å². The van der Waals surface area contributed by atoms with E-state index in [9.17, 15) is 4.79 Å². The number of thiophene rings is 1. The van der Waals surface area contributed by atoms with E-state index in [4.69, 9.17) is 0 Å². The van der Waals surface area contributed by atoms with Gasteiger partial charge in [0.05, 0.1) is 4.88 Å². The van der Waals surface area contributed by atoms with E-state index >= 15 is 0 Å². The lowest BCUT2D eigenvalue weighted by molar-refractivity contribution is 0.0790. The number of carbonyl (C=O) groups excluding carboxylic acids is 1. The maximum absolute atomic E-state index is 12.2. The molecule has 106 valence electrons. The summed E-state index contributed by atoms with van der Waals surface area (Å²) >= 11 is 1.48. The zero-order chi connectivity index (χ0) is 14.8. The van der Waals surface area contributed by atoms with Crippen LogP contribution in [0.5, 0.6) is 0 Å². The fourth-order valence-electron chi connectivity index (χ4n) is 2.04. The fraction of sp³-hybridized carbons (Fsp3) is 0.353. The molecule has 3 heteroatoms. The number of hydrogen-bond acceptors (Lipinski definition) is 2. The van der Waals surface area contributed by atoms with Crippen LogP contribution in [0, 0.1) is 0 Å². The van der Waals surface area contributed by atoms with Gasteiger partial charge in [-0.1, -0.05) is 51.1 Å². The normalized spacial score (nSPS) is 11.4. The summed E-state index contributed by atoms with van der Waals surface area (Å²) < 4.78 is 0. The summed E-state index contributed by atoms with van der Waals surface area (Å²) in [5.74, 6) is 0.0832. The minimum Gasteiger partial charge on any atom is -0.337 e. The third-order valence-electron chi connectivity index (χ3n) is 3.32. The average Bonchev–Trinajstić information content (AvgIpc) is 2.91. The van der Waals surface area contributed by atoms with Crippen molar-refractivity contribution in [3.05, 3.63) is 57.8 Å². The zero-order valence-electron chi connectivity index (χ0n) is 12.5. The largest absolute Gasteiger partial charge is 0.337 e. The molecule has 2 nitrogen and oxygen atoms in total. The zero-order valence-corrected chi connectivity index (χ0v) is 13.3. The molecule has 0 fully saturated rings. The van der Waals surface area contributed by atoms with Crippen LogP contribution < -0.4 is 0 Å². The summed E-state index contributed by atoms with van der Waals surface area (Å²) in [5, 5.41) is 1.93. The Morgan fingerprint density at radius 2 is 1.80 bits per heavy atom. The Labute approximate surface area is 125 Å². The van der Waals surface area contributed by atoms with Crippen LogP contribution in [0.25, 0.3) is 0 Å². The molecule has 0 atom stereocenters. The summed E-state index contributed by atoms with van der Waals surface area (Å²) in [5.41, 5.74) is 2.64. The van der Waals surface area contributed by atoms with Crippen molar-refractivity contribution in [2.24, 2.45) is 0 Å². The molecule has 0 unspecified atom stereocenters. The SMILES string of the molecule is CN(Cc1ccc(C(C)(C)C)cc1)C(=O)c1cccs1. The van der Waals surface area contributed by atoms with E-state index in [0.717, 1.165) is 10.4 Å². The highest BCUT2D eigenvalue weighted by Gasteiger charge is 2.15. The van der Waals surface area contributed by atoms with E-state index in [-0.39, 0.29) is 11.3 Å². The van der Waals surface area contributed by atoms with Crippen molar-refractivity contribution in [1.82, 2.24) is 4.90 Å². The molecule has 1 heterocycles. The van der Waals surface area contributed by atoms with Gasteiger partial charge in [-0.3, -0.25) is 4.79 Å². The molecule has 0 aliphatic heterocycles. The molecule has 0 spiro atoms. The van der Waals surface area contributed by atoms with Crippen molar-refractivity contribution < 1.29 is 4.79 Å². The Morgan fingerprint density at radius 1 is 1.15 bits per heavy atom. The predicted molar refractivity (Wildman–Crippen MR) is 85.3 cm³/mol. The number of carbonyl (C=O) groups is 1. The molecule has 0 aliphatic carbocycles. The van der Waals surface area contributed by atoms with Gasteiger partial charge in [0.1, 0.15) is 0 Å². The second-order valence-corrected chi connectivity index (χ2v) is 7.03. The molecule has 1 aromatic carbocycles. The van der Waals surface area contributed by atoms with Crippen molar-refractivity contribution in [2.45, 2.75) is 32.7 Å². The summed E-state index contributed by atoms with van der Waals surface area (Å²) in [7, 11) is 1.85. The van der Waals surface area contributed by atoms with Crippen LogP contribution in [-0.4, -0.2) is 17.9 Å². The average molecular weight is 287 g/mol. The topological polar surface area (TPSA) is 20.3 Å². The lowest BCUT2D eigenvalue weighted by atomic mass is 9.87. The first-order chi connectivity index (χ1) is 9.38. The summed E-state index contributed by atoms with van der Waals surface area (Å²) in [6.45, 7) is 7.25. The molecule has 2 rings (SSSR count). The lowest BCUT2D eigenvalue weighted by Crippen LogP contribution is -2.25. The Bertz CT molecular complexity index is 564. The van der Waals surface area contributed by atoms with Crippen LogP contribution in [-0.2, 0) is 12.0 Å². The molecular weight excluding hydrogens is 266 g/mol. The lowest BCUT2D eigenvalue weighted by Gasteiger charge is -2.20. The van der Waals surface area contributed by atoms with Gasteiger partial charge >= 0.3 is 0 Å². The highest BCUT2D eigenvalue weighted by atomic mass is 32.1. The van der Waals surface area contributed by atoms with Gasteiger partial charge in [-0.05, 0) is 28.0 Å². The van der Waals surface area contributed by atoms with Gasteiger partial charge in [0.15, 0.2) is 0 Å². The second kappa shape index (κ2) is 5.80. The highest BCUT2D eigenvalue weighted by molar-refractivity contribution is 7.12. The Balaban J connectivity index is 2.05. The van der Waals surface area contributed by atoms with Crippen LogP contribution in [0.1, 0.15) is 41.6 Å². The van der Waals surface area contributed by atoms with E-state index in [1.807, 2.05) is 24.6 Å². The van der Waals surface area contributed by atoms with E-state index < -0.39 is 0 Å². The monoisotopic (exact) mass is 287 g/mol. The van der Waals surface area contributed by atoms with Gasteiger partial charge in [-0.25, -0.2) is 0 Å². The van der Waals surface area contributed by atoms with Gasteiger partial charge in [-0.15, -0.1) is 11.3 Å². The summed E-state index contributed by atoms with van der Waals surface area (Å²) in [4.78, 5) is 14.7. The molecule has 2 aromatic rings. The summed E-state index contributed by atoms with van der Waals surface area (Å²) in [6, 6.07) is 12.3. The fourth-order valence-corrected chi connectivity index (χ4v) is 2.76. The third kappa shape index (κ3) is 3.48. The molecule has 0 N–H and O–H groups in total. The molecule has 0 radical (unpaired) electrons. The maximum Gasteiger partial charge on any atom is 0.263 e. The van der Waals surface area contributed by atoms with Crippen molar-refractivity contribution >= 4 is 17.2 Å². The first-order valence-electron chi connectivity index (χ1n) is 6.76. The minimum absolute atomic E-state index is 0.0832. The van der Waals surface area contributed by atoms with Gasteiger partial charge in [-0.2, -0.15) is 0 Å². The van der Waals surface area contributed by atoms with E-state index in [0.29, 0.717) is 6.54 Å². The van der Waals surface area contributed by atoms with Crippen LogP contribution in [0.3, 0.4) is 0 Å². The molecule has 20 heavy (non-hydrogen) atoms. The molecule has 0 bridgehead atoms. The van der Waals surface area contributed by atoms with Gasteiger partial charge in [0, 0.05) is 13.6 Å². The molecule has 0 saturated heterocycles. The number of benzene rings is 1. The Hall–Kier alpha value is -1.61. The predicted octanol–water partition coefficient (Wildman–Crippen LogP) is 4.32. The van der Waals surface area contributed by atoms with Gasteiger partial charge < -0.3 is 4.90 Å². The van der Waals surface area contributed by atoms with Crippen LogP contribution in [0.4, 0.5) is 0 Å². The molecule has 1 amide bonds. The van der Waals surface area contributed by atoms with E-state index in [1.54, 1.807) is 4.90 Å². The minimum atomic E-state index is 0.0832. The van der Waals surface area contributed by atoms with Crippen molar-refractivity contribution in [3.63, 3.8) is 0 Å². The maximum atomic E-state index is 12.2. The first kappa shape index (κ1) is 14.8. The third-order valence-corrected chi connectivity index (χ3v) is 4.18. The van der Waals surface area contributed by atoms with Crippen LogP contribution in [0.15, 0.2) is 41.8 Å². The van der Waals surface area contributed by atoms with Gasteiger partial charge in [0.2, 0.25) is 0 Å². The van der Waals surface area contributed by atoms with Crippen molar-refractivity contribution in [1.29, 1.82) is 0 Å². The Kier molecular flexibility index (Phi) is 4.29. The van der Waals surface area contributed by atoms with Crippen LogP contribution >= 0.6 is 11.3 Å². The Morgan fingerprint density at radius 3 is 2.30 bits per heavy atom. The van der Waals surface area contributed by atoms with Crippen LogP contribution in [0.2, 0.25) is 0 Å². The quantitative estimate of drug-likeness (QED) is 0.823.